The molecule has 8 aromatic carbocycles. The van der Waals surface area contributed by atoms with Gasteiger partial charge < -0.3 is 4.90 Å². The maximum atomic E-state index is 11.1. The molecule has 0 saturated heterocycles. The van der Waals surface area contributed by atoms with Gasteiger partial charge in [-0.1, -0.05) is 133 Å². The zero-order chi connectivity index (χ0) is 40.9. The molecule has 0 radical (unpaired) electrons. The van der Waals surface area contributed by atoms with Crippen LogP contribution in [0.25, 0.3) is 64.7 Å². The first-order valence-electron chi connectivity index (χ1n) is 22.4. The molecular weight excluding hydrogens is 769 g/mol. The van der Waals surface area contributed by atoms with Crippen LogP contribution >= 0.6 is 11.3 Å². The predicted molar refractivity (Wildman–Crippen MR) is 258 cm³/mol. The maximum Gasteiger partial charge on any atom is 0.0995 e. The van der Waals surface area contributed by atoms with Crippen LogP contribution in [0.3, 0.4) is 0 Å². The summed E-state index contributed by atoms with van der Waals surface area (Å²) in [5, 5.41) is 13.6. The van der Waals surface area contributed by atoms with E-state index in [-0.39, 0.29) is 5.41 Å². The van der Waals surface area contributed by atoms with E-state index in [1.165, 1.54) is 102 Å². The highest BCUT2D eigenvalue weighted by Crippen LogP contribution is 2.70. The minimum absolute atomic E-state index is 0.0382. The van der Waals surface area contributed by atoms with E-state index in [9.17, 15) is 5.26 Å². The number of nitrogens with zero attached hydrogens (tertiary/aromatic N) is 2. The first-order valence-corrected chi connectivity index (χ1v) is 23.2. The van der Waals surface area contributed by atoms with Crippen molar-refractivity contribution in [1.82, 2.24) is 0 Å². The van der Waals surface area contributed by atoms with E-state index in [4.69, 9.17) is 0 Å². The third kappa shape index (κ3) is 5.26. The van der Waals surface area contributed by atoms with Crippen molar-refractivity contribution >= 4 is 48.6 Å². The second kappa shape index (κ2) is 13.9. The van der Waals surface area contributed by atoms with Crippen LogP contribution in [0.1, 0.15) is 48.8 Å². The third-order valence-corrected chi connectivity index (χ3v) is 16.5. The minimum Gasteiger partial charge on any atom is -0.310 e. The van der Waals surface area contributed by atoms with Crippen LogP contribution in [0.2, 0.25) is 0 Å². The van der Waals surface area contributed by atoms with E-state index < -0.39 is 0 Å². The smallest absolute Gasteiger partial charge is 0.0995 e. The number of hydrogen-bond donors (Lipinski definition) is 0. The summed E-state index contributed by atoms with van der Waals surface area (Å²) in [6.07, 6.45) is 6.65. The van der Waals surface area contributed by atoms with E-state index in [1.807, 2.05) is 11.3 Å². The summed E-state index contributed by atoms with van der Waals surface area (Å²) in [6.45, 7) is 0. The molecule has 4 saturated carbocycles. The lowest BCUT2D eigenvalue weighted by atomic mass is 9.43. The monoisotopic (exact) mass is 812 g/mol. The quantitative estimate of drug-likeness (QED) is 0.167. The lowest BCUT2D eigenvalue weighted by Gasteiger charge is -2.61. The number of hydrogen-bond acceptors (Lipinski definition) is 3. The normalized spacial score (nSPS) is 21.6. The molecule has 0 amide bonds. The Labute approximate surface area is 367 Å². The van der Waals surface area contributed by atoms with Crippen LogP contribution < -0.4 is 4.90 Å². The molecular formula is C59H44N2S. The lowest BCUT2D eigenvalue weighted by Crippen LogP contribution is -2.55. The molecule has 14 rings (SSSR count). The molecule has 3 heteroatoms. The van der Waals surface area contributed by atoms with Crippen LogP contribution in [-0.4, -0.2) is 0 Å². The fourth-order valence-corrected chi connectivity index (χ4v) is 14.3. The van der Waals surface area contributed by atoms with Crippen molar-refractivity contribution < 1.29 is 0 Å². The van der Waals surface area contributed by atoms with Crippen molar-refractivity contribution in [3.05, 3.63) is 199 Å². The average molecular weight is 813 g/mol. The van der Waals surface area contributed by atoms with Gasteiger partial charge in [0.1, 0.15) is 0 Å². The molecule has 5 aliphatic rings. The Bertz CT molecular complexity index is 3130. The highest BCUT2D eigenvalue weighted by Gasteiger charge is 2.62. The summed E-state index contributed by atoms with van der Waals surface area (Å²) in [4.78, 5) is 2.43. The van der Waals surface area contributed by atoms with Gasteiger partial charge in [-0.3, -0.25) is 0 Å². The highest BCUT2D eigenvalue weighted by molar-refractivity contribution is 7.26. The van der Waals surface area contributed by atoms with Crippen molar-refractivity contribution in [2.45, 2.75) is 37.5 Å². The number of nitriles is 1. The Balaban J connectivity index is 0.978. The minimum atomic E-state index is -0.0382. The van der Waals surface area contributed by atoms with Crippen LogP contribution in [0.4, 0.5) is 17.1 Å². The zero-order valence-corrected chi connectivity index (χ0v) is 35.3. The molecule has 0 unspecified atom stereocenters. The molecule has 9 aromatic rings. The van der Waals surface area contributed by atoms with Gasteiger partial charge in [0.2, 0.25) is 0 Å². The molecule has 5 aliphatic carbocycles. The van der Waals surface area contributed by atoms with Gasteiger partial charge in [-0.15, -0.1) is 11.3 Å². The predicted octanol–water partition coefficient (Wildman–Crippen LogP) is 16.1. The van der Waals surface area contributed by atoms with E-state index in [0.717, 1.165) is 40.0 Å². The first kappa shape index (κ1) is 36.0. The van der Waals surface area contributed by atoms with Crippen LogP contribution in [-0.2, 0) is 5.41 Å². The maximum absolute atomic E-state index is 11.1. The first-order chi connectivity index (χ1) is 30.7. The molecule has 1 spiro atoms. The topological polar surface area (TPSA) is 27.0 Å². The second-order valence-electron chi connectivity index (χ2n) is 18.4. The molecule has 62 heavy (non-hydrogen) atoms. The van der Waals surface area contributed by atoms with Crippen molar-refractivity contribution in [2.24, 2.45) is 23.7 Å². The van der Waals surface area contributed by atoms with Gasteiger partial charge in [0.15, 0.2) is 0 Å². The molecule has 4 fully saturated rings. The van der Waals surface area contributed by atoms with Crippen molar-refractivity contribution in [3.8, 4) is 50.6 Å². The fraction of sp³-hybridized carbons (Fsp3) is 0.169. The van der Waals surface area contributed by atoms with Crippen LogP contribution in [0.15, 0.2) is 182 Å². The van der Waals surface area contributed by atoms with Gasteiger partial charge in [0.25, 0.3) is 0 Å². The Kier molecular flexibility index (Phi) is 8.06. The van der Waals surface area contributed by atoms with Crippen LogP contribution in [0, 0.1) is 35.0 Å². The van der Waals surface area contributed by atoms with Crippen molar-refractivity contribution in [2.75, 3.05) is 4.90 Å². The average Bonchev–Trinajstić information content (AvgIpc) is 3.86. The molecule has 0 aliphatic heterocycles. The summed E-state index contributed by atoms with van der Waals surface area (Å²) in [5.41, 5.74) is 16.8. The summed E-state index contributed by atoms with van der Waals surface area (Å²) >= 11 is 1.87. The van der Waals surface area contributed by atoms with Crippen molar-refractivity contribution in [1.29, 1.82) is 5.26 Å². The largest absolute Gasteiger partial charge is 0.310 e. The van der Waals surface area contributed by atoms with E-state index in [0.29, 0.717) is 11.8 Å². The van der Waals surface area contributed by atoms with E-state index in [1.54, 1.807) is 0 Å². The molecule has 1 heterocycles. The van der Waals surface area contributed by atoms with Crippen LogP contribution in [0.5, 0.6) is 0 Å². The zero-order valence-electron chi connectivity index (χ0n) is 34.5. The fourth-order valence-electron chi connectivity index (χ4n) is 13.1. The second-order valence-corrected chi connectivity index (χ2v) is 19.4. The van der Waals surface area contributed by atoms with E-state index in [2.05, 4.69) is 193 Å². The highest BCUT2D eigenvalue weighted by atomic mass is 32.1. The van der Waals surface area contributed by atoms with E-state index >= 15 is 0 Å². The Morgan fingerprint density at radius 1 is 0.500 bits per heavy atom. The number of anilines is 3. The van der Waals surface area contributed by atoms with Gasteiger partial charge in [0, 0.05) is 37.0 Å². The SMILES string of the molecule is N#Cc1cc(-c2cccc3c2sc2cccc(N(c4ccc(-c5ccccc5)cc4)c4ccc(-c5ccccc5)cc4)c23)cc2c1C1(c3ccccc3-2)C2CC3CC(C2)CC1C3. The number of rotatable bonds is 6. The Morgan fingerprint density at radius 2 is 1.06 bits per heavy atom. The van der Waals surface area contributed by atoms with Crippen molar-refractivity contribution in [3.63, 3.8) is 0 Å². The summed E-state index contributed by atoms with van der Waals surface area (Å²) in [5.74, 6) is 2.96. The third-order valence-electron chi connectivity index (χ3n) is 15.3. The van der Waals surface area contributed by atoms with Gasteiger partial charge in [-0.25, -0.2) is 0 Å². The molecule has 0 atom stereocenters. The van der Waals surface area contributed by atoms with Gasteiger partial charge >= 0.3 is 0 Å². The number of thiophene rings is 1. The molecule has 2 nitrogen and oxygen atoms in total. The summed E-state index contributed by atoms with van der Waals surface area (Å²) in [7, 11) is 0. The molecule has 1 aromatic heterocycles. The summed E-state index contributed by atoms with van der Waals surface area (Å²) in [6, 6.07) is 69.6. The van der Waals surface area contributed by atoms with Gasteiger partial charge in [-0.05, 0) is 160 Å². The van der Waals surface area contributed by atoms with Gasteiger partial charge in [0.05, 0.1) is 17.3 Å². The Morgan fingerprint density at radius 3 is 1.69 bits per heavy atom. The van der Waals surface area contributed by atoms with Gasteiger partial charge in [-0.2, -0.15) is 5.26 Å². The summed E-state index contributed by atoms with van der Waals surface area (Å²) < 4.78 is 2.50. The molecule has 296 valence electrons. The molecule has 0 N–H and O–H groups in total. The standard InChI is InChI=1S/C59H44N2S/c60-36-44-34-43(35-52-50-15-7-8-18-53(50)59(57(44)52)45-30-37-29-38(32-45)33-46(59)31-37)49-16-9-17-51-56-54(19-10-20-55(56)62-58(49)51)61(47-25-21-41(22-26-47)39-11-3-1-4-12-39)48-27-23-42(24-28-48)40-13-5-2-6-14-40/h1-28,34-35,37-38,45-46H,29-33H2. The number of benzene rings is 8. The molecule has 4 bridgehead atoms. The lowest BCUT2D eigenvalue weighted by molar-refractivity contribution is -0.0400. The Hall–Kier alpha value is -6.73. The number of fused-ring (bicyclic) bond motifs is 6.